The largest absolute Gasteiger partial charge is 0.472 e. The standard InChI is InChI=1S/C7H6N4O2S/c8-6-10-11-7(14-6)9-5(12)4-1-2-13-3-4/h1-3H,(H2,8,10)(H,9,11,12). The van der Waals surface area contributed by atoms with E-state index in [0.717, 1.165) is 11.3 Å². The number of nitrogens with zero attached hydrogens (tertiary/aromatic N) is 2. The summed E-state index contributed by atoms with van der Waals surface area (Å²) in [6.07, 6.45) is 2.77. The minimum Gasteiger partial charge on any atom is -0.472 e. The summed E-state index contributed by atoms with van der Waals surface area (Å²) in [5, 5.41) is 10.4. The Morgan fingerprint density at radius 3 is 3.00 bits per heavy atom. The first-order chi connectivity index (χ1) is 6.75. The lowest BCUT2D eigenvalue weighted by Crippen LogP contribution is -2.10. The Bertz CT molecular complexity index is 436. The third-order valence-electron chi connectivity index (χ3n) is 1.44. The molecule has 0 aromatic carbocycles. The quantitative estimate of drug-likeness (QED) is 0.770. The van der Waals surface area contributed by atoms with E-state index >= 15 is 0 Å². The molecule has 6 nitrogen and oxygen atoms in total. The van der Waals surface area contributed by atoms with Crippen molar-refractivity contribution < 1.29 is 9.21 Å². The first-order valence-corrected chi connectivity index (χ1v) is 4.50. The van der Waals surface area contributed by atoms with Gasteiger partial charge in [-0.3, -0.25) is 10.1 Å². The Hall–Kier alpha value is -1.89. The van der Waals surface area contributed by atoms with Gasteiger partial charge in [-0.05, 0) is 6.07 Å². The number of carbonyl (C=O) groups excluding carboxylic acids is 1. The summed E-state index contributed by atoms with van der Waals surface area (Å²) in [6.45, 7) is 0. The zero-order valence-electron chi connectivity index (χ0n) is 6.93. The van der Waals surface area contributed by atoms with E-state index in [-0.39, 0.29) is 5.91 Å². The first kappa shape index (κ1) is 8.70. The van der Waals surface area contributed by atoms with Crippen LogP contribution in [0.15, 0.2) is 23.0 Å². The van der Waals surface area contributed by atoms with E-state index in [1.165, 1.54) is 12.5 Å². The average Bonchev–Trinajstić information content (AvgIpc) is 2.75. The Morgan fingerprint density at radius 1 is 1.57 bits per heavy atom. The minimum absolute atomic E-state index is 0.296. The average molecular weight is 210 g/mol. The number of aromatic nitrogens is 2. The maximum Gasteiger partial charge on any atom is 0.260 e. The van der Waals surface area contributed by atoms with Crippen LogP contribution in [-0.2, 0) is 0 Å². The van der Waals surface area contributed by atoms with Crippen molar-refractivity contribution >= 4 is 27.5 Å². The van der Waals surface area contributed by atoms with Crippen LogP contribution in [0.2, 0.25) is 0 Å². The van der Waals surface area contributed by atoms with Crippen LogP contribution >= 0.6 is 11.3 Å². The van der Waals surface area contributed by atoms with Gasteiger partial charge in [-0.2, -0.15) is 0 Å². The van der Waals surface area contributed by atoms with Gasteiger partial charge in [0.1, 0.15) is 6.26 Å². The summed E-state index contributed by atoms with van der Waals surface area (Å²) in [4.78, 5) is 11.4. The highest BCUT2D eigenvalue weighted by molar-refractivity contribution is 7.19. The van der Waals surface area contributed by atoms with Crippen LogP contribution in [-0.4, -0.2) is 16.1 Å². The van der Waals surface area contributed by atoms with E-state index in [1.807, 2.05) is 0 Å². The number of nitrogens with one attached hydrogen (secondary N) is 1. The van der Waals surface area contributed by atoms with Gasteiger partial charge in [-0.1, -0.05) is 11.3 Å². The van der Waals surface area contributed by atoms with Gasteiger partial charge in [-0.15, -0.1) is 10.2 Å². The monoisotopic (exact) mass is 210 g/mol. The highest BCUT2D eigenvalue weighted by atomic mass is 32.1. The number of furan rings is 1. The molecule has 14 heavy (non-hydrogen) atoms. The van der Waals surface area contributed by atoms with Crippen LogP contribution in [0.5, 0.6) is 0 Å². The van der Waals surface area contributed by atoms with Gasteiger partial charge in [0, 0.05) is 0 Å². The summed E-state index contributed by atoms with van der Waals surface area (Å²) in [5.41, 5.74) is 5.78. The lowest BCUT2D eigenvalue weighted by atomic mass is 10.3. The van der Waals surface area contributed by atoms with E-state index in [0.29, 0.717) is 15.8 Å². The molecule has 0 aliphatic rings. The summed E-state index contributed by atoms with van der Waals surface area (Å²) >= 11 is 1.11. The topological polar surface area (TPSA) is 94.0 Å². The molecule has 0 saturated carbocycles. The van der Waals surface area contributed by atoms with Crippen LogP contribution in [0, 0.1) is 0 Å². The van der Waals surface area contributed by atoms with Crippen LogP contribution in [0.1, 0.15) is 10.4 Å². The minimum atomic E-state index is -0.296. The molecule has 2 aromatic heterocycles. The van der Waals surface area contributed by atoms with Crippen molar-refractivity contribution in [3.8, 4) is 0 Å². The second-order valence-corrected chi connectivity index (χ2v) is 3.42. The fourth-order valence-electron chi connectivity index (χ4n) is 0.848. The second-order valence-electron chi connectivity index (χ2n) is 2.41. The fraction of sp³-hybridized carbons (Fsp3) is 0. The third kappa shape index (κ3) is 1.72. The number of amides is 1. The van der Waals surface area contributed by atoms with Crippen molar-refractivity contribution in [1.82, 2.24) is 10.2 Å². The van der Waals surface area contributed by atoms with Gasteiger partial charge in [0.05, 0.1) is 11.8 Å². The van der Waals surface area contributed by atoms with Gasteiger partial charge in [-0.25, -0.2) is 0 Å². The second kappa shape index (κ2) is 3.46. The maximum absolute atomic E-state index is 11.4. The van der Waals surface area contributed by atoms with Gasteiger partial charge in [0.25, 0.3) is 5.91 Å². The smallest absolute Gasteiger partial charge is 0.260 e. The Balaban J connectivity index is 2.09. The molecule has 0 aliphatic heterocycles. The molecule has 0 unspecified atom stereocenters. The first-order valence-electron chi connectivity index (χ1n) is 3.68. The Labute approximate surface area is 82.7 Å². The Morgan fingerprint density at radius 2 is 2.43 bits per heavy atom. The van der Waals surface area contributed by atoms with Crippen molar-refractivity contribution in [3.63, 3.8) is 0 Å². The molecule has 0 fully saturated rings. The van der Waals surface area contributed by atoms with Crippen LogP contribution in [0.25, 0.3) is 0 Å². The Kier molecular flexibility index (Phi) is 2.15. The number of nitrogens with two attached hydrogens (primary N) is 1. The maximum atomic E-state index is 11.4. The van der Waals surface area contributed by atoms with Crippen molar-refractivity contribution in [1.29, 1.82) is 0 Å². The van der Waals surface area contributed by atoms with Crippen molar-refractivity contribution in [3.05, 3.63) is 24.2 Å². The lowest BCUT2D eigenvalue weighted by Gasteiger charge is -1.95. The van der Waals surface area contributed by atoms with Crippen molar-refractivity contribution in [2.24, 2.45) is 0 Å². The summed E-state index contributed by atoms with van der Waals surface area (Å²) in [5.74, 6) is -0.296. The molecule has 2 aromatic rings. The van der Waals surface area contributed by atoms with Crippen LogP contribution in [0.3, 0.4) is 0 Å². The van der Waals surface area contributed by atoms with E-state index < -0.39 is 0 Å². The molecule has 1 amide bonds. The van der Waals surface area contributed by atoms with Crippen LogP contribution < -0.4 is 11.1 Å². The molecule has 0 radical (unpaired) electrons. The zero-order chi connectivity index (χ0) is 9.97. The van der Waals surface area contributed by atoms with E-state index in [1.54, 1.807) is 6.07 Å². The molecule has 2 heterocycles. The summed E-state index contributed by atoms with van der Waals surface area (Å²) in [7, 11) is 0. The van der Waals surface area contributed by atoms with Gasteiger partial charge in [0.15, 0.2) is 0 Å². The molecule has 0 aliphatic carbocycles. The molecule has 2 rings (SSSR count). The SMILES string of the molecule is Nc1nnc(NC(=O)c2ccoc2)s1. The molecular formula is C7H6N4O2S. The molecule has 0 bridgehead atoms. The zero-order valence-corrected chi connectivity index (χ0v) is 7.75. The fourth-order valence-corrected chi connectivity index (χ4v) is 1.35. The molecule has 72 valence electrons. The normalized spacial score (nSPS) is 10.0. The van der Waals surface area contributed by atoms with Gasteiger partial charge < -0.3 is 10.2 Å². The predicted octanol–water partition coefficient (Wildman–Crippen LogP) is 0.966. The number of anilines is 2. The van der Waals surface area contributed by atoms with Crippen LogP contribution in [0.4, 0.5) is 10.3 Å². The third-order valence-corrected chi connectivity index (χ3v) is 2.11. The molecular weight excluding hydrogens is 204 g/mol. The number of hydrogen-bond donors (Lipinski definition) is 2. The number of hydrogen-bond acceptors (Lipinski definition) is 6. The highest BCUT2D eigenvalue weighted by Gasteiger charge is 2.09. The lowest BCUT2D eigenvalue weighted by molar-refractivity contribution is 0.102. The highest BCUT2D eigenvalue weighted by Crippen LogP contribution is 2.17. The molecule has 0 atom stereocenters. The predicted molar refractivity (Wildman–Crippen MR) is 51.0 cm³/mol. The van der Waals surface area contributed by atoms with Crippen molar-refractivity contribution in [2.45, 2.75) is 0 Å². The number of nitrogen functional groups attached to an aromatic ring is 1. The molecule has 3 N–H and O–H groups in total. The summed E-state index contributed by atoms with van der Waals surface area (Å²) in [6, 6.07) is 1.56. The van der Waals surface area contributed by atoms with E-state index in [4.69, 9.17) is 10.2 Å². The summed E-state index contributed by atoms with van der Waals surface area (Å²) < 4.78 is 4.76. The van der Waals surface area contributed by atoms with Gasteiger partial charge >= 0.3 is 0 Å². The van der Waals surface area contributed by atoms with Crippen molar-refractivity contribution in [2.75, 3.05) is 11.1 Å². The molecule has 0 saturated heterocycles. The molecule has 7 heteroatoms. The van der Waals surface area contributed by atoms with E-state index in [2.05, 4.69) is 15.5 Å². The number of carbonyl (C=O) groups is 1. The number of rotatable bonds is 2. The van der Waals surface area contributed by atoms with E-state index in [9.17, 15) is 4.79 Å². The van der Waals surface area contributed by atoms with Gasteiger partial charge in [0.2, 0.25) is 10.3 Å². The molecule has 0 spiro atoms.